The van der Waals surface area contributed by atoms with Crippen LogP contribution in [-0.4, -0.2) is 34.7 Å². The summed E-state index contributed by atoms with van der Waals surface area (Å²) in [6, 6.07) is 7.25. The second-order valence-corrected chi connectivity index (χ2v) is 7.01. The molecular weight excluding hydrogens is 250 g/mol. The number of piperidine rings is 1. The Kier molecular flexibility index (Phi) is 2.83. The molecule has 3 fully saturated rings. The first kappa shape index (κ1) is 12.7. The van der Waals surface area contributed by atoms with Crippen molar-refractivity contribution in [1.82, 2.24) is 4.90 Å². The highest BCUT2D eigenvalue weighted by atomic mass is 16.3. The maximum atomic E-state index is 11.3. The van der Waals surface area contributed by atoms with E-state index in [1.165, 1.54) is 19.4 Å². The van der Waals surface area contributed by atoms with Crippen LogP contribution >= 0.6 is 0 Å². The van der Waals surface area contributed by atoms with E-state index in [1.807, 2.05) is 12.1 Å². The lowest BCUT2D eigenvalue weighted by molar-refractivity contribution is -0.0904. The molecule has 1 aromatic carbocycles. The number of benzene rings is 1. The number of aliphatic hydroxyl groups is 1. The van der Waals surface area contributed by atoms with E-state index in [-0.39, 0.29) is 5.75 Å². The second kappa shape index (κ2) is 4.47. The highest BCUT2D eigenvalue weighted by Crippen LogP contribution is 2.52. The molecule has 2 unspecified atom stereocenters. The van der Waals surface area contributed by atoms with Gasteiger partial charge in [-0.1, -0.05) is 12.1 Å². The number of phenols is 1. The van der Waals surface area contributed by atoms with Gasteiger partial charge in [0.2, 0.25) is 0 Å². The Hall–Kier alpha value is -1.06. The first-order valence-corrected chi connectivity index (χ1v) is 7.90. The average molecular weight is 273 g/mol. The highest BCUT2D eigenvalue weighted by molar-refractivity contribution is 5.34. The second-order valence-electron chi connectivity index (χ2n) is 7.01. The van der Waals surface area contributed by atoms with Gasteiger partial charge in [0.25, 0.3) is 0 Å². The standard InChI is InChI=1S/C17H23NO2/c19-16-3-1-2-13(8-16)17(20)14-6-7-15(17)11-18(10-14)9-12-4-5-12/h1-3,8,12,14-15,19-20H,4-7,9-11H2. The molecular formula is C17H23NO2. The van der Waals surface area contributed by atoms with Gasteiger partial charge in [0, 0.05) is 31.5 Å². The molecule has 2 N–H and O–H groups in total. The van der Waals surface area contributed by atoms with Crippen molar-refractivity contribution in [3.63, 3.8) is 0 Å². The highest BCUT2D eigenvalue weighted by Gasteiger charge is 2.54. The number of hydrogen-bond acceptors (Lipinski definition) is 3. The molecule has 0 amide bonds. The zero-order valence-corrected chi connectivity index (χ0v) is 11.8. The van der Waals surface area contributed by atoms with Gasteiger partial charge in [-0.25, -0.2) is 0 Å². The van der Waals surface area contributed by atoms with E-state index in [2.05, 4.69) is 4.90 Å². The van der Waals surface area contributed by atoms with E-state index in [0.29, 0.717) is 11.8 Å². The van der Waals surface area contributed by atoms with Gasteiger partial charge in [0.05, 0.1) is 5.60 Å². The lowest BCUT2D eigenvalue weighted by atomic mass is 9.75. The topological polar surface area (TPSA) is 43.7 Å². The fraction of sp³-hybridized carbons (Fsp3) is 0.647. The number of aromatic hydroxyl groups is 1. The van der Waals surface area contributed by atoms with Gasteiger partial charge in [-0.2, -0.15) is 0 Å². The van der Waals surface area contributed by atoms with Crippen molar-refractivity contribution in [3.05, 3.63) is 29.8 Å². The zero-order valence-electron chi connectivity index (χ0n) is 11.8. The van der Waals surface area contributed by atoms with Gasteiger partial charge in [-0.05, 0) is 49.3 Å². The number of rotatable bonds is 3. The fourth-order valence-corrected chi connectivity index (χ4v) is 4.38. The van der Waals surface area contributed by atoms with Gasteiger partial charge < -0.3 is 15.1 Å². The summed E-state index contributed by atoms with van der Waals surface area (Å²) in [7, 11) is 0. The Balaban J connectivity index is 1.60. The Morgan fingerprint density at radius 3 is 2.40 bits per heavy atom. The summed E-state index contributed by atoms with van der Waals surface area (Å²) >= 11 is 0. The van der Waals surface area contributed by atoms with Gasteiger partial charge in [0.1, 0.15) is 5.75 Å². The summed E-state index contributed by atoms with van der Waals surface area (Å²) in [6.07, 6.45) is 5.00. The molecule has 2 aliphatic carbocycles. The Bertz CT molecular complexity index is 497. The van der Waals surface area contributed by atoms with Crippen LogP contribution in [0.5, 0.6) is 5.75 Å². The molecule has 3 aliphatic rings. The number of hydrogen-bond donors (Lipinski definition) is 2. The smallest absolute Gasteiger partial charge is 0.115 e. The number of likely N-dealkylation sites (tertiary alicyclic amines) is 1. The molecule has 1 aliphatic heterocycles. The number of nitrogens with zero attached hydrogens (tertiary/aromatic N) is 1. The largest absolute Gasteiger partial charge is 0.508 e. The summed E-state index contributed by atoms with van der Waals surface area (Å²) in [5.74, 6) is 1.82. The van der Waals surface area contributed by atoms with Crippen LogP contribution in [0.2, 0.25) is 0 Å². The van der Waals surface area contributed by atoms with E-state index in [4.69, 9.17) is 0 Å². The first-order chi connectivity index (χ1) is 9.66. The van der Waals surface area contributed by atoms with Crippen molar-refractivity contribution in [2.75, 3.05) is 19.6 Å². The van der Waals surface area contributed by atoms with E-state index >= 15 is 0 Å². The van der Waals surface area contributed by atoms with E-state index < -0.39 is 5.60 Å². The Labute approximate surface area is 120 Å². The third-order valence-corrected chi connectivity index (χ3v) is 5.59. The lowest BCUT2D eigenvalue weighted by Crippen LogP contribution is -2.52. The van der Waals surface area contributed by atoms with Crippen molar-refractivity contribution in [1.29, 1.82) is 0 Å². The predicted octanol–water partition coefficient (Wildman–Crippen LogP) is 2.33. The lowest BCUT2D eigenvalue weighted by Gasteiger charge is -2.45. The van der Waals surface area contributed by atoms with Crippen molar-refractivity contribution < 1.29 is 10.2 Å². The molecule has 2 saturated carbocycles. The minimum atomic E-state index is -0.723. The monoisotopic (exact) mass is 273 g/mol. The van der Waals surface area contributed by atoms with Gasteiger partial charge in [-0.15, -0.1) is 0 Å². The molecule has 1 aromatic rings. The summed E-state index contributed by atoms with van der Waals surface area (Å²) < 4.78 is 0. The third-order valence-electron chi connectivity index (χ3n) is 5.59. The van der Waals surface area contributed by atoms with Crippen LogP contribution in [0.25, 0.3) is 0 Å². The van der Waals surface area contributed by atoms with E-state index in [0.717, 1.165) is 37.4 Å². The molecule has 3 nitrogen and oxygen atoms in total. The van der Waals surface area contributed by atoms with Crippen molar-refractivity contribution in [3.8, 4) is 5.75 Å². The van der Waals surface area contributed by atoms with E-state index in [1.54, 1.807) is 12.1 Å². The van der Waals surface area contributed by atoms with Crippen LogP contribution in [-0.2, 0) is 5.60 Å². The molecule has 4 rings (SSSR count). The van der Waals surface area contributed by atoms with Crippen LogP contribution in [0.4, 0.5) is 0 Å². The molecule has 108 valence electrons. The SMILES string of the molecule is Oc1cccc(C2(O)C3CCC2CN(CC2CC2)C3)c1. The minimum absolute atomic E-state index is 0.260. The van der Waals surface area contributed by atoms with Gasteiger partial charge in [0.15, 0.2) is 0 Å². The summed E-state index contributed by atoms with van der Waals surface area (Å²) in [5, 5.41) is 21.0. The molecule has 2 atom stereocenters. The molecule has 0 aromatic heterocycles. The number of phenolic OH excluding ortho intramolecular Hbond substituents is 1. The van der Waals surface area contributed by atoms with Crippen LogP contribution in [0.3, 0.4) is 0 Å². The maximum absolute atomic E-state index is 11.3. The van der Waals surface area contributed by atoms with Crippen molar-refractivity contribution in [2.24, 2.45) is 17.8 Å². The molecule has 0 spiro atoms. The van der Waals surface area contributed by atoms with Crippen LogP contribution < -0.4 is 0 Å². The summed E-state index contributed by atoms with van der Waals surface area (Å²) in [4.78, 5) is 2.57. The zero-order chi connectivity index (χ0) is 13.7. The van der Waals surface area contributed by atoms with Crippen molar-refractivity contribution >= 4 is 0 Å². The molecule has 1 heterocycles. The van der Waals surface area contributed by atoms with Crippen molar-refractivity contribution in [2.45, 2.75) is 31.3 Å². The molecule has 20 heavy (non-hydrogen) atoms. The Morgan fingerprint density at radius 2 is 1.80 bits per heavy atom. The fourth-order valence-electron chi connectivity index (χ4n) is 4.38. The third kappa shape index (κ3) is 1.95. The van der Waals surface area contributed by atoms with Gasteiger partial charge >= 0.3 is 0 Å². The van der Waals surface area contributed by atoms with E-state index in [9.17, 15) is 10.2 Å². The number of fused-ring (bicyclic) bond motifs is 2. The molecule has 3 heteroatoms. The van der Waals surface area contributed by atoms with Gasteiger partial charge in [-0.3, -0.25) is 0 Å². The molecule has 2 bridgehead atoms. The first-order valence-electron chi connectivity index (χ1n) is 7.90. The normalized spacial score (nSPS) is 37.2. The van der Waals surface area contributed by atoms with Crippen LogP contribution in [0, 0.1) is 17.8 Å². The van der Waals surface area contributed by atoms with Crippen LogP contribution in [0.15, 0.2) is 24.3 Å². The molecule has 1 saturated heterocycles. The predicted molar refractivity (Wildman–Crippen MR) is 77.4 cm³/mol. The maximum Gasteiger partial charge on any atom is 0.115 e. The summed E-state index contributed by atoms with van der Waals surface area (Å²) in [5.41, 5.74) is 0.190. The summed E-state index contributed by atoms with van der Waals surface area (Å²) in [6.45, 7) is 3.25. The molecule has 0 radical (unpaired) electrons. The average Bonchev–Trinajstić information content (AvgIpc) is 3.21. The Morgan fingerprint density at radius 1 is 1.10 bits per heavy atom. The quantitative estimate of drug-likeness (QED) is 0.888. The van der Waals surface area contributed by atoms with Crippen LogP contribution in [0.1, 0.15) is 31.2 Å². The minimum Gasteiger partial charge on any atom is -0.508 e.